The van der Waals surface area contributed by atoms with Crippen molar-refractivity contribution in [3.8, 4) is 0 Å². The molecule has 2 aromatic rings. The Kier molecular flexibility index (Phi) is 6.33. The maximum atomic E-state index is 13.7. The molecule has 1 unspecified atom stereocenters. The molecule has 0 radical (unpaired) electrons. The minimum atomic E-state index is -3.25. The topological polar surface area (TPSA) is 125 Å². The quantitative estimate of drug-likeness (QED) is 0.542. The number of primary amides is 1. The maximum absolute atomic E-state index is 13.7. The molecule has 0 saturated carbocycles. The Labute approximate surface area is 206 Å². The fraction of sp³-hybridized carbons (Fsp3) is 0.520. The van der Waals surface area contributed by atoms with Gasteiger partial charge in [-0.15, -0.1) is 0 Å². The summed E-state index contributed by atoms with van der Waals surface area (Å²) >= 11 is 0. The molecule has 0 bridgehead atoms. The van der Waals surface area contributed by atoms with Crippen molar-refractivity contribution in [1.82, 2.24) is 19.1 Å². The van der Waals surface area contributed by atoms with Gasteiger partial charge in [0.15, 0.2) is 0 Å². The molecule has 188 valence electrons. The van der Waals surface area contributed by atoms with E-state index in [1.54, 1.807) is 6.07 Å². The summed E-state index contributed by atoms with van der Waals surface area (Å²) in [5.41, 5.74) is 9.55. The molecule has 3 aliphatic rings. The largest absolute Gasteiger partial charge is 0.366 e. The molecule has 1 aromatic carbocycles. The second kappa shape index (κ2) is 9.16. The number of carbonyl (C=O) groups excluding carboxylic acids is 2. The van der Waals surface area contributed by atoms with E-state index in [0.717, 1.165) is 67.7 Å². The number of benzene rings is 1. The summed E-state index contributed by atoms with van der Waals surface area (Å²) in [6, 6.07) is 5.85. The number of aromatic nitrogens is 1. The number of hydrogen-bond donors (Lipinski definition) is 3. The summed E-state index contributed by atoms with van der Waals surface area (Å²) in [7, 11) is -3.25. The van der Waals surface area contributed by atoms with Crippen molar-refractivity contribution in [2.24, 2.45) is 5.73 Å². The maximum Gasteiger partial charge on any atom is 0.319 e. The molecule has 1 aromatic heterocycles. The van der Waals surface area contributed by atoms with E-state index in [0.29, 0.717) is 41.5 Å². The van der Waals surface area contributed by atoms with Crippen LogP contribution in [0.2, 0.25) is 0 Å². The lowest BCUT2D eigenvalue weighted by Crippen LogP contribution is -2.66. The van der Waals surface area contributed by atoms with Gasteiger partial charge in [-0.25, -0.2) is 17.7 Å². The molecule has 10 heteroatoms. The first kappa shape index (κ1) is 24.2. The number of hydrogen-bond acceptors (Lipinski definition) is 5. The van der Waals surface area contributed by atoms with Gasteiger partial charge < -0.3 is 16.0 Å². The van der Waals surface area contributed by atoms with Crippen LogP contribution in [0.25, 0.3) is 16.5 Å². The van der Waals surface area contributed by atoms with Crippen LogP contribution in [-0.4, -0.2) is 74.5 Å². The highest BCUT2D eigenvalue weighted by molar-refractivity contribution is 7.88. The van der Waals surface area contributed by atoms with Gasteiger partial charge in [0.1, 0.15) is 11.7 Å². The van der Waals surface area contributed by atoms with Crippen LogP contribution in [-0.2, 0) is 14.8 Å². The van der Waals surface area contributed by atoms with Crippen LogP contribution < -0.4 is 15.5 Å². The van der Waals surface area contributed by atoms with Crippen molar-refractivity contribution in [3.63, 3.8) is 0 Å². The lowest BCUT2D eigenvalue weighted by atomic mass is 9.93. The zero-order valence-corrected chi connectivity index (χ0v) is 21.0. The average Bonchev–Trinajstić information content (AvgIpc) is 3.29. The summed E-state index contributed by atoms with van der Waals surface area (Å²) in [6.07, 6.45) is 8.14. The second-order valence-electron chi connectivity index (χ2n) is 10.0. The SMILES string of the molecule is CS(=O)(=O)N1CC=C(c2cc3c([N@+]4(C5CCCNC5)CCCCC4=O)ccc(C(N)=O)c3[nH]2)CC1. The van der Waals surface area contributed by atoms with Crippen LogP contribution >= 0.6 is 0 Å². The number of nitrogens with zero attached hydrogens (tertiary/aromatic N) is 2. The molecule has 9 nitrogen and oxygen atoms in total. The Hall–Kier alpha value is -2.53. The molecular formula is C25H34N5O4S+. The third kappa shape index (κ3) is 4.22. The third-order valence-electron chi connectivity index (χ3n) is 7.94. The second-order valence-corrected chi connectivity index (χ2v) is 12.0. The molecule has 0 spiro atoms. The number of quaternary nitrogens is 1. The lowest BCUT2D eigenvalue weighted by molar-refractivity contribution is -0.135. The van der Waals surface area contributed by atoms with Crippen molar-refractivity contribution >= 4 is 44.0 Å². The van der Waals surface area contributed by atoms with Gasteiger partial charge in [-0.05, 0) is 49.9 Å². The van der Waals surface area contributed by atoms with Gasteiger partial charge in [-0.1, -0.05) is 6.08 Å². The number of nitrogens with two attached hydrogens (primary N) is 1. The van der Waals surface area contributed by atoms with Crippen molar-refractivity contribution in [3.05, 3.63) is 35.5 Å². The van der Waals surface area contributed by atoms with E-state index in [1.165, 1.54) is 10.6 Å². The van der Waals surface area contributed by atoms with Gasteiger partial charge in [0.25, 0.3) is 5.91 Å². The molecule has 2 saturated heterocycles. The Morgan fingerprint density at radius 2 is 2.03 bits per heavy atom. The fourth-order valence-corrected chi connectivity index (χ4v) is 6.90. The van der Waals surface area contributed by atoms with Crippen molar-refractivity contribution < 1.29 is 18.0 Å². The Bertz CT molecular complexity index is 1310. The number of piperidine rings is 2. The van der Waals surface area contributed by atoms with Gasteiger partial charge in [-0.3, -0.25) is 4.79 Å². The molecular weight excluding hydrogens is 466 g/mol. The third-order valence-corrected chi connectivity index (χ3v) is 9.21. The van der Waals surface area contributed by atoms with Crippen LogP contribution in [0.3, 0.4) is 0 Å². The Balaban J connectivity index is 1.66. The molecule has 2 atom stereocenters. The van der Waals surface area contributed by atoms with E-state index in [1.807, 2.05) is 18.2 Å². The highest BCUT2D eigenvalue weighted by Crippen LogP contribution is 2.42. The Morgan fingerprint density at radius 3 is 2.66 bits per heavy atom. The van der Waals surface area contributed by atoms with Gasteiger partial charge in [0.05, 0.1) is 35.7 Å². The van der Waals surface area contributed by atoms with Crippen LogP contribution in [0, 0.1) is 0 Å². The molecule has 5 rings (SSSR count). The number of rotatable bonds is 5. The smallest absolute Gasteiger partial charge is 0.319 e. The number of nitrogens with one attached hydrogen (secondary N) is 2. The van der Waals surface area contributed by atoms with Crippen molar-refractivity contribution in [2.75, 3.05) is 39.0 Å². The van der Waals surface area contributed by atoms with Crippen LogP contribution in [0.5, 0.6) is 0 Å². The molecule has 4 N–H and O–H groups in total. The van der Waals surface area contributed by atoms with Crippen molar-refractivity contribution in [2.45, 2.75) is 44.6 Å². The van der Waals surface area contributed by atoms with E-state index in [-0.39, 0.29) is 11.9 Å². The Morgan fingerprint density at radius 1 is 1.20 bits per heavy atom. The summed E-state index contributed by atoms with van der Waals surface area (Å²) in [5, 5.41) is 4.34. The van der Waals surface area contributed by atoms with Crippen LogP contribution in [0.15, 0.2) is 24.3 Å². The van der Waals surface area contributed by atoms with Gasteiger partial charge in [0, 0.05) is 37.8 Å². The van der Waals surface area contributed by atoms with Gasteiger partial charge >= 0.3 is 5.91 Å². The number of H-pyrrole nitrogens is 1. The van der Waals surface area contributed by atoms with Crippen molar-refractivity contribution in [1.29, 1.82) is 0 Å². The first-order chi connectivity index (χ1) is 16.7. The predicted molar refractivity (Wildman–Crippen MR) is 137 cm³/mol. The van der Waals surface area contributed by atoms with Crippen LogP contribution in [0.4, 0.5) is 5.69 Å². The van der Waals surface area contributed by atoms with E-state index < -0.39 is 15.9 Å². The monoisotopic (exact) mass is 500 g/mol. The number of sulfonamides is 1. The molecule has 0 aliphatic carbocycles. The van der Waals surface area contributed by atoms with E-state index in [4.69, 9.17) is 5.73 Å². The normalized spacial score (nSPS) is 26.6. The van der Waals surface area contributed by atoms with E-state index in [2.05, 4.69) is 10.3 Å². The zero-order valence-electron chi connectivity index (χ0n) is 20.2. The number of aromatic amines is 1. The van der Waals surface area contributed by atoms with E-state index in [9.17, 15) is 18.0 Å². The highest BCUT2D eigenvalue weighted by atomic mass is 32.2. The van der Waals surface area contributed by atoms with Gasteiger partial charge in [-0.2, -0.15) is 4.31 Å². The highest BCUT2D eigenvalue weighted by Gasteiger charge is 2.49. The summed E-state index contributed by atoms with van der Waals surface area (Å²) in [6.45, 7) is 3.22. The molecule has 2 fully saturated rings. The first-order valence-corrected chi connectivity index (χ1v) is 14.3. The summed E-state index contributed by atoms with van der Waals surface area (Å²) in [4.78, 5) is 29.4. The number of carbonyl (C=O) groups is 2. The van der Waals surface area contributed by atoms with E-state index >= 15 is 0 Å². The predicted octanol–water partition coefficient (Wildman–Crippen LogP) is 2.09. The lowest BCUT2D eigenvalue weighted by Gasteiger charge is -2.46. The zero-order chi connectivity index (χ0) is 24.8. The minimum absolute atomic E-state index is 0.148. The minimum Gasteiger partial charge on any atom is -0.366 e. The molecule has 35 heavy (non-hydrogen) atoms. The fourth-order valence-electron chi connectivity index (χ4n) is 6.14. The summed E-state index contributed by atoms with van der Waals surface area (Å²) < 4.78 is 25.6. The molecule has 3 aliphatic heterocycles. The van der Waals surface area contributed by atoms with Gasteiger partial charge in [0.2, 0.25) is 10.0 Å². The standard InChI is InChI=1S/C25H33N5O4S/c1-35(33,34)29-12-9-17(10-13-29)21-15-20-22(8-7-19(25(26)32)24(20)28-21)30(14-3-2-6-23(30)31)18-5-4-11-27-16-18/h7-9,15,18,27H,2-6,10-14,16H2,1H3,(H2-,26,28,32)/p+1/t18?,30-/m1/s1. The van der Waals surface area contributed by atoms with Crippen LogP contribution in [0.1, 0.15) is 54.6 Å². The average molecular weight is 501 g/mol. The number of amides is 2. The molecule has 4 heterocycles. The first-order valence-electron chi connectivity index (χ1n) is 12.4. The number of fused-ring (bicyclic) bond motifs is 1. The molecule has 2 amide bonds. The number of likely N-dealkylation sites (tertiary alicyclic amines) is 1. The summed E-state index contributed by atoms with van der Waals surface area (Å²) in [5.74, 6) is -0.284.